The Balaban J connectivity index is 2.19. The lowest BCUT2D eigenvalue weighted by atomic mass is 9.53. The van der Waals surface area contributed by atoms with Crippen molar-refractivity contribution in [2.75, 3.05) is 7.11 Å². The molecule has 0 aromatic carbocycles. The predicted octanol–water partition coefficient (Wildman–Crippen LogP) is 3.24. The second kappa shape index (κ2) is 6.17. The average Bonchev–Trinajstić information content (AvgIpc) is 2.87. The van der Waals surface area contributed by atoms with Crippen LogP contribution < -0.4 is 0 Å². The summed E-state index contributed by atoms with van der Waals surface area (Å²) in [6, 6.07) is 0. The van der Waals surface area contributed by atoms with E-state index < -0.39 is 23.0 Å². The number of methoxy groups -OCH3 is 1. The van der Waals surface area contributed by atoms with Crippen LogP contribution in [0.1, 0.15) is 53.4 Å². The van der Waals surface area contributed by atoms with Crippen molar-refractivity contribution in [3.63, 3.8) is 0 Å². The Morgan fingerprint density at radius 1 is 1.36 bits per heavy atom. The molecule has 5 unspecified atom stereocenters. The average molecular weight is 346 g/mol. The van der Waals surface area contributed by atoms with Gasteiger partial charge in [-0.3, -0.25) is 9.59 Å². The highest BCUT2D eigenvalue weighted by molar-refractivity contribution is 5.91. The first-order chi connectivity index (χ1) is 11.7. The molecule has 4 heteroatoms. The smallest absolute Gasteiger partial charge is 0.148 e. The quantitative estimate of drug-likeness (QED) is 0.629. The molecule has 0 aliphatic heterocycles. The molecular formula is C21H30O4. The molecule has 4 nitrogen and oxygen atoms in total. The van der Waals surface area contributed by atoms with Crippen molar-refractivity contribution in [2.24, 2.45) is 22.7 Å². The summed E-state index contributed by atoms with van der Waals surface area (Å²) in [5, 5.41) is 11.2. The van der Waals surface area contributed by atoms with Gasteiger partial charge in [-0.2, -0.15) is 0 Å². The first-order valence-corrected chi connectivity index (χ1v) is 9.33. The van der Waals surface area contributed by atoms with Crippen LogP contribution in [0.4, 0.5) is 0 Å². The van der Waals surface area contributed by atoms with Crippen molar-refractivity contribution in [1.82, 2.24) is 0 Å². The molecule has 0 spiro atoms. The van der Waals surface area contributed by atoms with E-state index in [0.29, 0.717) is 24.3 Å². The van der Waals surface area contributed by atoms with E-state index in [1.165, 1.54) is 18.3 Å². The van der Waals surface area contributed by atoms with E-state index in [2.05, 4.69) is 20.8 Å². The molecule has 0 heterocycles. The molecule has 25 heavy (non-hydrogen) atoms. The van der Waals surface area contributed by atoms with Crippen LogP contribution in [0.5, 0.6) is 0 Å². The van der Waals surface area contributed by atoms with Crippen LogP contribution in [0.15, 0.2) is 22.8 Å². The van der Waals surface area contributed by atoms with E-state index in [1.54, 1.807) is 0 Å². The largest absolute Gasteiger partial charge is 0.389 e. The summed E-state index contributed by atoms with van der Waals surface area (Å²) < 4.78 is 5.47. The SMILES string of the molecule is COC1C(C=O)=CCC2C3=C(C(C)C)CCC3(C)C(=O)CC2(C)C1O. The van der Waals surface area contributed by atoms with Gasteiger partial charge in [0.2, 0.25) is 0 Å². The van der Waals surface area contributed by atoms with E-state index in [4.69, 9.17) is 4.74 Å². The Morgan fingerprint density at radius 2 is 2.04 bits per heavy atom. The first-order valence-electron chi connectivity index (χ1n) is 9.33. The number of ketones is 1. The van der Waals surface area contributed by atoms with Crippen LogP contribution in [0.2, 0.25) is 0 Å². The topological polar surface area (TPSA) is 63.6 Å². The number of carbonyl (C=O) groups is 2. The van der Waals surface area contributed by atoms with Crippen molar-refractivity contribution in [3.8, 4) is 0 Å². The van der Waals surface area contributed by atoms with Gasteiger partial charge in [0.25, 0.3) is 0 Å². The molecule has 3 aliphatic carbocycles. The number of rotatable bonds is 3. The van der Waals surface area contributed by atoms with Crippen molar-refractivity contribution in [3.05, 3.63) is 22.8 Å². The first kappa shape index (κ1) is 18.5. The maximum Gasteiger partial charge on any atom is 0.148 e. The monoisotopic (exact) mass is 346 g/mol. The number of ether oxygens (including phenoxy) is 1. The highest BCUT2D eigenvalue weighted by Crippen LogP contribution is 2.61. The second-order valence-electron chi connectivity index (χ2n) is 8.74. The van der Waals surface area contributed by atoms with Crippen molar-refractivity contribution < 1.29 is 19.4 Å². The normalized spacial score (nSPS) is 41.3. The molecule has 3 aliphatic rings. The Bertz CT molecular complexity index is 659. The third-order valence-corrected chi connectivity index (χ3v) is 7.10. The fraction of sp³-hybridized carbons (Fsp3) is 0.714. The summed E-state index contributed by atoms with van der Waals surface area (Å²) in [5.41, 5.74) is 2.07. The Labute approximate surface area is 150 Å². The number of aldehydes is 1. The van der Waals surface area contributed by atoms with Crippen LogP contribution >= 0.6 is 0 Å². The zero-order chi connectivity index (χ0) is 18.6. The lowest BCUT2D eigenvalue weighted by molar-refractivity contribution is -0.142. The highest BCUT2D eigenvalue weighted by atomic mass is 16.5. The van der Waals surface area contributed by atoms with Crippen LogP contribution in [0.3, 0.4) is 0 Å². The second-order valence-corrected chi connectivity index (χ2v) is 8.74. The number of hydrogen-bond acceptors (Lipinski definition) is 4. The van der Waals surface area contributed by atoms with Crippen molar-refractivity contribution in [2.45, 2.75) is 65.6 Å². The van der Waals surface area contributed by atoms with Crippen LogP contribution in [-0.2, 0) is 14.3 Å². The zero-order valence-corrected chi connectivity index (χ0v) is 16.0. The summed E-state index contributed by atoms with van der Waals surface area (Å²) in [6.07, 6.45) is 3.99. The predicted molar refractivity (Wildman–Crippen MR) is 96.0 cm³/mol. The third kappa shape index (κ3) is 2.48. The van der Waals surface area contributed by atoms with Crippen LogP contribution in [0.25, 0.3) is 0 Å². The third-order valence-electron chi connectivity index (χ3n) is 7.10. The molecule has 138 valence electrons. The van der Waals surface area contributed by atoms with Crippen molar-refractivity contribution in [1.29, 1.82) is 0 Å². The summed E-state index contributed by atoms with van der Waals surface area (Å²) in [7, 11) is 1.51. The van der Waals surface area contributed by atoms with Gasteiger partial charge >= 0.3 is 0 Å². The van der Waals surface area contributed by atoms with E-state index in [0.717, 1.165) is 19.1 Å². The highest BCUT2D eigenvalue weighted by Gasteiger charge is 2.60. The molecule has 0 aromatic rings. The standard InChI is InChI=1S/C21H30O4/c1-12(2)14-8-9-20(3)16(23)10-21(4)15(17(14)20)7-6-13(11-22)18(25-5)19(21)24/h6,11-12,15,18-19,24H,7-10H2,1-5H3. The van der Waals surface area contributed by atoms with Gasteiger partial charge in [-0.15, -0.1) is 0 Å². The lowest BCUT2D eigenvalue weighted by Gasteiger charge is -2.51. The fourth-order valence-electron chi connectivity index (χ4n) is 5.48. The number of Topliss-reactive ketones (excluding diaryl/α,β-unsaturated/α-hetero) is 1. The molecule has 0 amide bonds. The van der Waals surface area contributed by atoms with Crippen LogP contribution in [0, 0.1) is 22.7 Å². The van der Waals surface area contributed by atoms with Gasteiger partial charge in [-0.05, 0) is 38.0 Å². The van der Waals surface area contributed by atoms with Gasteiger partial charge in [-0.25, -0.2) is 0 Å². The summed E-state index contributed by atoms with van der Waals surface area (Å²) >= 11 is 0. The number of carbonyl (C=O) groups excluding carboxylic acids is 2. The number of allylic oxidation sites excluding steroid dienone is 3. The van der Waals surface area contributed by atoms with Crippen molar-refractivity contribution >= 4 is 12.1 Å². The molecule has 5 atom stereocenters. The molecule has 0 bridgehead atoms. The maximum atomic E-state index is 13.2. The summed E-state index contributed by atoms with van der Waals surface area (Å²) in [4.78, 5) is 24.7. The van der Waals surface area contributed by atoms with E-state index in [9.17, 15) is 14.7 Å². The molecule has 1 N–H and O–H groups in total. The Morgan fingerprint density at radius 3 is 2.60 bits per heavy atom. The minimum absolute atomic E-state index is 0.0696. The van der Waals surface area contributed by atoms with Gasteiger partial charge < -0.3 is 9.84 Å². The zero-order valence-electron chi connectivity index (χ0n) is 16.0. The minimum atomic E-state index is -0.878. The molecular weight excluding hydrogens is 316 g/mol. The summed E-state index contributed by atoms with van der Waals surface area (Å²) in [6.45, 7) is 8.44. The van der Waals surface area contributed by atoms with Gasteiger partial charge in [-0.1, -0.05) is 38.0 Å². The van der Waals surface area contributed by atoms with E-state index in [-0.39, 0.29) is 11.7 Å². The molecule has 1 saturated carbocycles. The molecule has 1 fully saturated rings. The molecule has 0 saturated heterocycles. The summed E-state index contributed by atoms with van der Waals surface area (Å²) in [5.74, 6) is 0.681. The Kier molecular flexibility index (Phi) is 4.57. The molecule has 0 radical (unpaired) electrons. The minimum Gasteiger partial charge on any atom is -0.389 e. The fourth-order valence-corrected chi connectivity index (χ4v) is 5.48. The lowest BCUT2D eigenvalue weighted by Crippen LogP contribution is -2.54. The van der Waals surface area contributed by atoms with E-state index in [1.807, 2.05) is 13.0 Å². The van der Waals surface area contributed by atoms with Gasteiger partial charge in [0.15, 0.2) is 0 Å². The van der Waals surface area contributed by atoms with Gasteiger partial charge in [0, 0.05) is 29.9 Å². The van der Waals surface area contributed by atoms with Crippen LogP contribution in [-0.4, -0.2) is 36.5 Å². The maximum absolute atomic E-state index is 13.2. The van der Waals surface area contributed by atoms with E-state index >= 15 is 0 Å². The number of hydrogen-bond donors (Lipinski definition) is 1. The van der Waals surface area contributed by atoms with Gasteiger partial charge in [0.1, 0.15) is 18.2 Å². The number of aliphatic hydroxyl groups is 1. The van der Waals surface area contributed by atoms with Gasteiger partial charge in [0.05, 0.1) is 6.10 Å². The number of fused-ring (bicyclic) bond motifs is 3. The molecule has 3 rings (SSSR count). The number of aliphatic hydroxyl groups excluding tert-OH is 1. The molecule has 0 aromatic heterocycles. The Hall–Kier alpha value is -1.26.